The fourth-order valence-electron chi connectivity index (χ4n) is 5.37. The molecule has 7 rings (SSSR count). The zero-order valence-corrected chi connectivity index (χ0v) is 22.8. The number of fused-ring (bicyclic) bond motifs is 3. The van der Waals surface area contributed by atoms with Crippen LogP contribution in [0.25, 0.3) is 61.5 Å². The van der Waals surface area contributed by atoms with Crippen molar-refractivity contribution in [2.24, 2.45) is 0 Å². The smallest absolute Gasteiger partial charge is 0.168 e. The van der Waals surface area contributed by atoms with E-state index in [1.807, 2.05) is 30.3 Å². The third kappa shape index (κ3) is 4.09. The lowest BCUT2D eigenvalue weighted by Crippen LogP contribution is -2.10. The first-order valence-corrected chi connectivity index (χ1v) is 13.6. The molecular weight excluding hydrogens is 490 g/mol. The number of para-hydroxylation sites is 3. The molecule has 4 nitrogen and oxygen atoms in total. The van der Waals surface area contributed by atoms with E-state index >= 15 is 0 Å². The van der Waals surface area contributed by atoms with Crippen molar-refractivity contribution in [1.29, 1.82) is 0 Å². The first-order chi connectivity index (χ1) is 19.5. The highest BCUT2D eigenvalue weighted by Gasteiger charge is 2.19. The second-order valence-corrected chi connectivity index (χ2v) is 11.2. The molecule has 0 spiro atoms. The van der Waals surface area contributed by atoms with Gasteiger partial charge in [-0.25, -0.2) is 0 Å². The van der Waals surface area contributed by atoms with E-state index in [-0.39, 0.29) is 5.41 Å². The van der Waals surface area contributed by atoms with Crippen LogP contribution in [0.2, 0.25) is 0 Å². The second-order valence-electron chi connectivity index (χ2n) is 11.2. The van der Waals surface area contributed by atoms with E-state index < -0.39 is 0 Å². The van der Waals surface area contributed by atoms with E-state index in [4.69, 9.17) is 4.42 Å². The van der Waals surface area contributed by atoms with Crippen molar-refractivity contribution >= 4 is 21.9 Å². The minimum atomic E-state index is 0.0885. The van der Waals surface area contributed by atoms with Crippen molar-refractivity contribution in [3.05, 3.63) is 127 Å². The SMILES string of the molecule is CC(C)(C)c1ccc(-c2nnc(-c3ccc(-c4cccc5c4oc4ccccc45)cc3)n2-c2ccccc2)cc1. The summed E-state index contributed by atoms with van der Waals surface area (Å²) in [6, 6.07) is 42.0. The van der Waals surface area contributed by atoms with Gasteiger partial charge in [0.1, 0.15) is 11.2 Å². The molecule has 0 fully saturated rings. The van der Waals surface area contributed by atoms with Crippen molar-refractivity contribution in [2.45, 2.75) is 26.2 Å². The summed E-state index contributed by atoms with van der Waals surface area (Å²) in [5.41, 5.74) is 8.40. The molecule has 4 heteroatoms. The molecule has 2 aromatic heterocycles. The minimum Gasteiger partial charge on any atom is -0.455 e. The largest absolute Gasteiger partial charge is 0.455 e. The maximum Gasteiger partial charge on any atom is 0.168 e. The summed E-state index contributed by atoms with van der Waals surface area (Å²) in [4.78, 5) is 0. The van der Waals surface area contributed by atoms with Crippen LogP contribution in [0.4, 0.5) is 0 Å². The van der Waals surface area contributed by atoms with Crippen LogP contribution in [0.3, 0.4) is 0 Å². The predicted octanol–water partition coefficient (Wildman–Crippen LogP) is 9.47. The van der Waals surface area contributed by atoms with Crippen LogP contribution in [0, 0.1) is 0 Å². The topological polar surface area (TPSA) is 43.9 Å². The molecule has 0 amide bonds. The zero-order chi connectivity index (χ0) is 27.3. The summed E-state index contributed by atoms with van der Waals surface area (Å²) in [6.07, 6.45) is 0. The van der Waals surface area contributed by atoms with Gasteiger partial charge in [0.05, 0.1) is 0 Å². The summed E-state index contributed by atoms with van der Waals surface area (Å²) in [5.74, 6) is 1.62. The van der Waals surface area contributed by atoms with Crippen LogP contribution in [-0.4, -0.2) is 14.8 Å². The van der Waals surface area contributed by atoms with E-state index in [1.54, 1.807) is 0 Å². The molecule has 0 aliphatic carbocycles. The zero-order valence-electron chi connectivity index (χ0n) is 22.8. The first kappa shape index (κ1) is 24.1. The molecule has 5 aromatic carbocycles. The lowest BCUT2D eigenvalue weighted by atomic mass is 9.86. The maximum atomic E-state index is 6.28. The van der Waals surface area contributed by atoms with Gasteiger partial charge in [0.15, 0.2) is 11.6 Å². The van der Waals surface area contributed by atoms with Gasteiger partial charge in [-0.1, -0.05) is 124 Å². The highest BCUT2D eigenvalue weighted by atomic mass is 16.3. The van der Waals surface area contributed by atoms with Gasteiger partial charge in [0.2, 0.25) is 0 Å². The van der Waals surface area contributed by atoms with Gasteiger partial charge < -0.3 is 4.42 Å². The van der Waals surface area contributed by atoms with E-state index in [9.17, 15) is 0 Å². The Labute approximate surface area is 233 Å². The number of hydrogen-bond acceptors (Lipinski definition) is 3. The van der Waals surface area contributed by atoms with E-state index in [1.165, 1.54) is 5.56 Å². The van der Waals surface area contributed by atoms with Crippen LogP contribution < -0.4 is 0 Å². The Morgan fingerprint density at radius 1 is 0.550 bits per heavy atom. The molecule has 0 bridgehead atoms. The lowest BCUT2D eigenvalue weighted by molar-refractivity contribution is 0.590. The summed E-state index contributed by atoms with van der Waals surface area (Å²) in [7, 11) is 0. The molecule has 0 aliphatic rings. The van der Waals surface area contributed by atoms with Crippen LogP contribution in [-0.2, 0) is 5.41 Å². The summed E-state index contributed by atoms with van der Waals surface area (Å²) in [6.45, 7) is 6.68. The average Bonchev–Trinajstić information content (AvgIpc) is 3.60. The molecule has 0 radical (unpaired) electrons. The number of rotatable bonds is 4. The number of aromatic nitrogens is 3. The molecule has 40 heavy (non-hydrogen) atoms. The normalized spacial score (nSPS) is 11.9. The monoisotopic (exact) mass is 519 g/mol. The van der Waals surface area contributed by atoms with Crippen molar-refractivity contribution in [3.63, 3.8) is 0 Å². The Hall–Kier alpha value is -4.96. The Morgan fingerprint density at radius 2 is 1.12 bits per heavy atom. The Bertz CT molecular complexity index is 1960. The molecule has 7 aromatic rings. The predicted molar refractivity (Wildman–Crippen MR) is 164 cm³/mol. The van der Waals surface area contributed by atoms with Gasteiger partial charge in [0, 0.05) is 33.2 Å². The van der Waals surface area contributed by atoms with Gasteiger partial charge >= 0.3 is 0 Å². The number of furan rings is 1. The van der Waals surface area contributed by atoms with Crippen LogP contribution in [0.5, 0.6) is 0 Å². The minimum absolute atomic E-state index is 0.0885. The summed E-state index contributed by atoms with van der Waals surface area (Å²) < 4.78 is 8.42. The molecule has 194 valence electrons. The molecule has 0 atom stereocenters. The lowest BCUT2D eigenvalue weighted by Gasteiger charge is -2.19. The van der Waals surface area contributed by atoms with Crippen molar-refractivity contribution in [3.8, 4) is 39.6 Å². The summed E-state index contributed by atoms with van der Waals surface area (Å²) >= 11 is 0. The quantitative estimate of drug-likeness (QED) is 0.233. The second kappa shape index (κ2) is 9.35. The van der Waals surface area contributed by atoms with Crippen molar-refractivity contribution in [2.75, 3.05) is 0 Å². The van der Waals surface area contributed by atoms with Crippen molar-refractivity contribution < 1.29 is 4.42 Å². The molecule has 0 saturated heterocycles. The maximum absolute atomic E-state index is 6.28. The van der Waals surface area contributed by atoms with Crippen LogP contribution in [0.15, 0.2) is 126 Å². The molecule has 0 N–H and O–H groups in total. The summed E-state index contributed by atoms with van der Waals surface area (Å²) in [5, 5.41) is 11.6. The highest BCUT2D eigenvalue weighted by molar-refractivity contribution is 6.09. The van der Waals surface area contributed by atoms with Crippen LogP contribution >= 0.6 is 0 Å². The number of hydrogen-bond donors (Lipinski definition) is 0. The molecule has 0 aliphatic heterocycles. The number of benzene rings is 5. The Morgan fingerprint density at radius 3 is 1.80 bits per heavy atom. The molecule has 2 heterocycles. The third-order valence-electron chi connectivity index (χ3n) is 7.54. The fourth-order valence-corrected chi connectivity index (χ4v) is 5.37. The standard InChI is InChI=1S/C36H29N3O/c1-36(2,3)27-22-20-26(21-23-27)35-38-37-34(39(35)28-10-5-4-6-11-28)25-18-16-24(17-19-25)29-13-9-14-31-30-12-7-8-15-32(30)40-33(29)31/h4-23H,1-3H3. The molecule has 0 unspecified atom stereocenters. The van der Waals surface area contributed by atoms with Crippen molar-refractivity contribution in [1.82, 2.24) is 14.8 Å². The van der Waals surface area contributed by atoms with E-state index in [0.29, 0.717) is 0 Å². The molecule has 0 saturated carbocycles. The number of nitrogens with zero attached hydrogens (tertiary/aromatic N) is 3. The highest BCUT2D eigenvalue weighted by Crippen LogP contribution is 2.37. The van der Waals surface area contributed by atoms with E-state index in [0.717, 1.165) is 61.5 Å². The van der Waals surface area contributed by atoms with Gasteiger partial charge in [-0.15, -0.1) is 10.2 Å². The molecular formula is C36H29N3O. The fraction of sp³-hybridized carbons (Fsp3) is 0.111. The first-order valence-electron chi connectivity index (χ1n) is 13.6. The van der Waals surface area contributed by atoms with Crippen LogP contribution in [0.1, 0.15) is 26.3 Å². The van der Waals surface area contributed by atoms with Gasteiger partial charge in [-0.3, -0.25) is 4.57 Å². The Balaban J connectivity index is 1.32. The van der Waals surface area contributed by atoms with Gasteiger partial charge in [-0.05, 0) is 34.7 Å². The van der Waals surface area contributed by atoms with Gasteiger partial charge in [-0.2, -0.15) is 0 Å². The van der Waals surface area contributed by atoms with Gasteiger partial charge in [0.25, 0.3) is 0 Å². The Kier molecular flexibility index (Phi) is 5.64. The third-order valence-corrected chi connectivity index (χ3v) is 7.54. The average molecular weight is 520 g/mol. The van der Waals surface area contributed by atoms with E-state index in [2.05, 4.69) is 127 Å².